The lowest BCUT2D eigenvalue weighted by Gasteiger charge is -2.57. The Labute approximate surface area is 268 Å². The zero-order valence-corrected chi connectivity index (χ0v) is 27.1. The number of hydrogen-bond donors (Lipinski definition) is 3. The summed E-state index contributed by atoms with van der Waals surface area (Å²) in [6, 6.07) is 20.6. The zero-order valence-electron chi connectivity index (χ0n) is 22.7. The fraction of sp³-hybridized carbons (Fsp3) is 0.394. The number of phenols is 1. The summed E-state index contributed by atoms with van der Waals surface area (Å²) >= 11 is 4.14. The van der Waals surface area contributed by atoms with Crippen LogP contribution in [-0.4, -0.2) is 23.1 Å². The van der Waals surface area contributed by atoms with Gasteiger partial charge < -0.3 is 20.5 Å². The molecule has 2 amide bonds. The van der Waals surface area contributed by atoms with E-state index in [4.69, 9.17) is 4.74 Å². The Bertz CT molecular complexity index is 1370. The van der Waals surface area contributed by atoms with Gasteiger partial charge in [0.2, 0.25) is 5.91 Å². The third kappa shape index (κ3) is 6.53. The number of hydrogen-bond acceptors (Lipinski definition) is 4. The molecule has 0 heterocycles. The fourth-order valence-electron chi connectivity index (χ4n) is 7.69. The van der Waals surface area contributed by atoms with Gasteiger partial charge in [0, 0.05) is 12.1 Å². The highest BCUT2D eigenvalue weighted by molar-refractivity contribution is 14.1. The van der Waals surface area contributed by atoms with Crippen molar-refractivity contribution in [2.24, 2.45) is 17.8 Å². The molecule has 214 valence electrons. The van der Waals surface area contributed by atoms with Crippen molar-refractivity contribution in [3.8, 4) is 5.75 Å². The summed E-state index contributed by atoms with van der Waals surface area (Å²) in [5.41, 5.74) is 4.12. The summed E-state index contributed by atoms with van der Waals surface area (Å²) in [6.07, 6.45) is 7.72. The number of carbonyl (C=O) groups is 2. The van der Waals surface area contributed by atoms with Crippen LogP contribution in [0.1, 0.15) is 55.2 Å². The highest BCUT2D eigenvalue weighted by atomic mass is 127. The van der Waals surface area contributed by atoms with Crippen LogP contribution in [0.3, 0.4) is 0 Å². The quantitative estimate of drug-likeness (QED) is 0.207. The number of phenolic OH excluding ortho intramolecular Hbond substituents is 1. The van der Waals surface area contributed by atoms with Gasteiger partial charge in [0.15, 0.2) is 0 Å². The Morgan fingerprint density at radius 1 is 0.878 bits per heavy atom. The van der Waals surface area contributed by atoms with Gasteiger partial charge in [-0.15, -0.1) is 0 Å². The minimum absolute atomic E-state index is 0.113. The second-order valence-electron chi connectivity index (χ2n) is 12.1. The first-order valence-corrected chi connectivity index (χ1v) is 16.5. The zero-order chi connectivity index (χ0) is 28.6. The molecular formula is C33H34I2N2O4. The molecule has 0 saturated heterocycles. The number of ether oxygens (including phenoxy) is 1. The van der Waals surface area contributed by atoms with Crippen LogP contribution in [0.5, 0.6) is 5.75 Å². The van der Waals surface area contributed by atoms with E-state index in [1.165, 1.54) is 44.1 Å². The number of amides is 2. The van der Waals surface area contributed by atoms with Crippen molar-refractivity contribution in [2.45, 2.75) is 63.0 Å². The summed E-state index contributed by atoms with van der Waals surface area (Å²) in [4.78, 5) is 26.3. The van der Waals surface area contributed by atoms with Crippen LogP contribution < -0.4 is 10.6 Å². The molecule has 6 nitrogen and oxygen atoms in total. The average molecular weight is 776 g/mol. The van der Waals surface area contributed by atoms with E-state index in [1.54, 1.807) is 0 Å². The van der Waals surface area contributed by atoms with E-state index in [0.717, 1.165) is 28.9 Å². The summed E-state index contributed by atoms with van der Waals surface area (Å²) in [7, 11) is 0. The molecule has 0 aromatic heterocycles. The maximum Gasteiger partial charge on any atom is 0.408 e. The Morgan fingerprint density at radius 3 is 2.05 bits per heavy atom. The molecule has 4 aliphatic carbocycles. The highest BCUT2D eigenvalue weighted by Gasteiger charge is 2.51. The number of carbonyl (C=O) groups excluding carboxylic acids is 2. The predicted octanol–water partition coefficient (Wildman–Crippen LogP) is 7.55. The van der Waals surface area contributed by atoms with E-state index in [1.807, 2.05) is 54.6 Å². The second kappa shape index (κ2) is 12.1. The number of nitrogens with one attached hydrogen (secondary N) is 2. The SMILES string of the molecule is O=C(N[C@H](Cc1cc(I)c(O)c(I)c1)C(=O)Nc1ccc(C23CC4CC(CC(C4)C2)C3)cc1)OCc1ccccc1. The van der Waals surface area contributed by atoms with Crippen molar-refractivity contribution in [3.63, 3.8) is 0 Å². The van der Waals surface area contributed by atoms with Crippen molar-refractivity contribution in [1.29, 1.82) is 0 Å². The van der Waals surface area contributed by atoms with Gasteiger partial charge in [-0.3, -0.25) is 4.79 Å². The Kier molecular flexibility index (Phi) is 8.49. The van der Waals surface area contributed by atoms with Gasteiger partial charge in [0.05, 0.1) is 7.14 Å². The number of halogens is 2. The predicted molar refractivity (Wildman–Crippen MR) is 176 cm³/mol. The van der Waals surface area contributed by atoms with E-state index in [2.05, 4.69) is 67.9 Å². The van der Waals surface area contributed by atoms with Crippen LogP contribution >= 0.6 is 45.2 Å². The van der Waals surface area contributed by atoms with Crippen molar-refractivity contribution >= 4 is 62.9 Å². The molecule has 8 heteroatoms. The van der Waals surface area contributed by atoms with Crippen LogP contribution in [0.4, 0.5) is 10.5 Å². The largest absolute Gasteiger partial charge is 0.506 e. The smallest absolute Gasteiger partial charge is 0.408 e. The first-order chi connectivity index (χ1) is 19.8. The summed E-state index contributed by atoms with van der Waals surface area (Å²) in [5.74, 6) is 2.52. The van der Waals surface area contributed by atoms with Crippen molar-refractivity contribution in [2.75, 3.05) is 5.32 Å². The minimum Gasteiger partial charge on any atom is -0.506 e. The molecule has 7 rings (SSSR count). The van der Waals surface area contributed by atoms with Crippen LogP contribution in [0.2, 0.25) is 0 Å². The van der Waals surface area contributed by atoms with Gasteiger partial charge in [0.1, 0.15) is 18.4 Å². The van der Waals surface area contributed by atoms with Gasteiger partial charge in [0.25, 0.3) is 0 Å². The van der Waals surface area contributed by atoms with E-state index in [-0.39, 0.29) is 24.7 Å². The lowest BCUT2D eigenvalue weighted by atomic mass is 9.48. The van der Waals surface area contributed by atoms with E-state index < -0.39 is 12.1 Å². The highest BCUT2D eigenvalue weighted by Crippen LogP contribution is 2.60. The molecule has 0 unspecified atom stereocenters. The third-order valence-corrected chi connectivity index (χ3v) is 10.8. The fourth-order valence-corrected chi connectivity index (χ4v) is 9.59. The molecule has 4 bridgehead atoms. The summed E-state index contributed by atoms with van der Waals surface area (Å²) in [6.45, 7) is 0.113. The van der Waals surface area contributed by atoms with Gasteiger partial charge in [-0.05, 0) is 148 Å². The molecule has 1 atom stereocenters. The standard InChI is InChI=1S/C33H34I2N2O4/c34-27-13-21(14-28(35)30(27)38)15-29(37-32(40)41-19-20-4-2-1-3-5-20)31(39)36-26-8-6-25(7-9-26)33-16-22-10-23(17-33)12-24(11-22)18-33/h1-9,13-14,22-24,29,38H,10-12,15-19H2,(H,36,39)(H,37,40)/t22?,23?,24?,29-,33?/m1/s1. The van der Waals surface area contributed by atoms with E-state index >= 15 is 0 Å². The monoisotopic (exact) mass is 776 g/mol. The molecule has 4 fully saturated rings. The third-order valence-electron chi connectivity index (χ3n) is 9.14. The second-order valence-corrected chi connectivity index (χ2v) is 14.5. The molecule has 0 spiro atoms. The average Bonchev–Trinajstić information content (AvgIpc) is 2.94. The first kappa shape index (κ1) is 28.8. The van der Waals surface area contributed by atoms with E-state index in [9.17, 15) is 14.7 Å². The van der Waals surface area contributed by atoms with Gasteiger partial charge >= 0.3 is 6.09 Å². The first-order valence-electron chi connectivity index (χ1n) is 14.3. The molecule has 0 radical (unpaired) electrons. The molecule has 3 N–H and O–H groups in total. The molecule has 0 aliphatic heterocycles. The maximum absolute atomic E-state index is 13.5. The normalized spacial score (nSPS) is 25.0. The van der Waals surface area contributed by atoms with Gasteiger partial charge in [-0.1, -0.05) is 42.5 Å². The van der Waals surface area contributed by atoms with Gasteiger partial charge in [-0.2, -0.15) is 0 Å². The molecule has 41 heavy (non-hydrogen) atoms. The number of benzene rings is 3. The molecular weight excluding hydrogens is 742 g/mol. The maximum atomic E-state index is 13.5. The Balaban J connectivity index is 1.15. The van der Waals surface area contributed by atoms with Crippen molar-refractivity contribution in [3.05, 3.63) is 90.6 Å². The topological polar surface area (TPSA) is 87.7 Å². The van der Waals surface area contributed by atoms with Crippen molar-refractivity contribution < 1.29 is 19.4 Å². The summed E-state index contributed by atoms with van der Waals surface area (Å²) < 4.78 is 6.80. The summed E-state index contributed by atoms with van der Waals surface area (Å²) in [5, 5.41) is 16.0. The molecule has 4 saturated carbocycles. The van der Waals surface area contributed by atoms with Crippen LogP contribution in [0.25, 0.3) is 0 Å². The van der Waals surface area contributed by atoms with Crippen LogP contribution in [0, 0.1) is 24.9 Å². The lowest BCUT2D eigenvalue weighted by Crippen LogP contribution is -2.48. The molecule has 3 aromatic rings. The number of rotatable bonds is 8. The Hall–Kier alpha value is -2.34. The number of alkyl carbamates (subject to hydrolysis) is 1. The van der Waals surface area contributed by atoms with Crippen molar-refractivity contribution in [1.82, 2.24) is 5.32 Å². The van der Waals surface area contributed by atoms with E-state index in [0.29, 0.717) is 18.2 Å². The minimum atomic E-state index is -0.864. The van der Waals surface area contributed by atoms with Gasteiger partial charge in [-0.25, -0.2) is 4.79 Å². The lowest BCUT2D eigenvalue weighted by molar-refractivity contribution is -0.118. The Morgan fingerprint density at radius 2 is 1.46 bits per heavy atom. The molecule has 4 aliphatic rings. The van der Waals surface area contributed by atoms with Crippen LogP contribution in [0.15, 0.2) is 66.7 Å². The van der Waals surface area contributed by atoms with Crippen LogP contribution in [-0.2, 0) is 28.0 Å². The number of anilines is 1. The number of aromatic hydroxyl groups is 1. The molecule has 3 aromatic carbocycles.